The molecule has 1 N–H and O–H groups in total. The first kappa shape index (κ1) is 23.9. The van der Waals surface area contributed by atoms with Crippen LogP contribution in [-0.4, -0.2) is 50.4 Å². The summed E-state index contributed by atoms with van der Waals surface area (Å²) in [5.74, 6) is 0.482. The average molecular weight is 489 g/mol. The van der Waals surface area contributed by atoms with Gasteiger partial charge in [0.1, 0.15) is 5.82 Å². The maximum atomic E-state index is 13.6. The number of carbonyl (C=O) groups excluding carboxylic acids is 1. The third kappa shape index (κ3) is 5.06. The third-order valence-electron chi connectivity index (χ3n) is 6.58. The van der Waals surface area contributed by atoms with Crippen molar-refractivity contribution in [2.24, 2.45) is 0 Å². The molecular formula is C27H29FN6O2. The number of hydrogen-bond donors (Lipinski definition) is 1. The molecule has 0 radical (unpaired) electrons. The monoisotopic (exact) mass is 488 g/mol. The van der Waals surface area contributed by atoms with E-state index in [2.05, 4.69) is 25.5 Å². The van der Waals surface area contributed by atoms with Gasteiger partial charge in [0.15, 0.2) is 0 Å². The fourth-order valence-electron chi connectivity index (χ4n) is 4.69. The summed E-state index contributed by atoms with van der Waals surface area (Å²) < 4.78 is 20.9. The molecule has 0 saturated carbocycles. The minimum Gasteiger partial charge on any atom is -0.339 e. The molecule has 1 amide bonds. The molecule has 5 rings (SSSR count). The zero-order valence-electron chi connectivity index (χ0n) is 20.7. The summed E-state index contributed by atoms with van der Waals surface area (Å²) in [6, 6.07) is 14.3. The van der Waals surface area contributed by atoms with Crippen LogP contribution < -0.4 is 5.32 Å². The highest BCUT2D eigenvalue weighted by atomic mass is 19.1. The van der Waals surface area contributed by atoms with Crippen molar-refractivity contribution in [3.8, 4) is 17.1 Å². The molecule has 0 bridgehead atoms. The number of aromatic nitrogens is 4. The Kier molecular flexibility index (Phi) is 6.65. The van der Waals surface area contributed by atoms with E-state index in [1.165, 1.54) is 17.7 Å². The first-order chi connectivity index (χ1) is 17.4. The van der Waals surface area contributed by atoms with Gasteiger partial charge in [-0.2, -0.15) is 10.1 Å². The summed E-state index contributed by atoms with van der Waals surface area (Å²) in [5.41, 5.74) is 5.11. The minimum atomic E-state index is -0.344. The summed E-state index contributed by atoms with van der Waals surface area (Å²) in [7, 11) is 0. The first-order valence-corrected chi connectivity index (χ1v) is 12.1. The molecule has 1 aliphatic heterocycles. The second-order valence-corrected chi connectivity index (χ2v) is 9.38. The number of hydrogen-bond acceptors (Lipinski definition) is 6. The zero-order valence-corrected chi connectivity index (χ0v) is 20.7. The lowest BCUT2D eigenvalue weighted by Gasteiger charge is -2.30. The van der Waals surface area contributed by atoms with Crippen LogP contribution in [0.2, 0.25) is 0 Å². The number of benzene rings is 2. The van der Waals surface area contributed by atoms with Gasteiger partial charge in [-0.05, 0) is 64.4 Å². The highest BCUT2D eigenvalue weighted by Gasteiger charge is 2.28. The van der Waals surface area contributed by atoms with Gasteiger partial charge in [0.25, 0.3) is 0 Å². The number of halogens is 1. The molecule has 1 fully saturated rings. The maximum absolute atomic E-state index is 13.6. The van der Waals surface area contributed by atoms with Crippen LogP contribution in [0, 0.1) is 26.6 Å². The summed E-state index contributed by atoms with van der Waals surface area (Å²) >= 11 is 0. The predicted octanol–water partition coefficient (Wildman–Crippen LogP) is 4.80. The normalized spacial score (nSPS) is 16.3. The minimum absolute atomic E-state index is 0.0223. The van der Waals surface area contributed by atoms with Crippen LogP contribution >= 0.6 is 0 Å². The molecular weight excluding hydrogens is 459 g/mol. The van der Waals surface area contributed by atoms with Crippen molar-refractivity contribution in [2.45, 2.75) is 39.5 Å². The van der Waals surface area contributed by atoms with Crippen molar-refractivity contribution < 1.29 is 13.7 Å². The van der Waals surface area contributed by atoms with Gasteiger partial charge in [-0.15, -0.1) is 0 Å². The Bertz CT molecular complexity index is 1380. The lowest BCUT2D eigenvalue weighted by atomic mass is 9.98. The van der Waals surface area contributed by atoms with Crippen LogP contribution in [0.3, 0.4) is 0 Å². The van der Waals surface area contributed by atoms with Crippen LogP contribution in [0.5, 0.6) is 0 Å². The lowest BCUT2D eigenvalue weighted by Crippen LogP contribution is -2.40. The molecule has 2 aromatic carbocycles. The molecule has 4 aromatic rings. The predicted molar refractivity (Wildman–Crippen MR) is 135 cm³/mol. The number of aryl methyl sites for hydroxylation is 2. The van der Waals surface area contributed by atoms with Crippen molar-refractivity contribution in [1.29, 1.82) is 0 Å². The number of piperidine rings is 1. The van der Waals surface area contributed by atoms with E-state index in [0.29, 0.717) is 23.8 Å². The van der Waals surface area contributed by atoms with Crippen molar-refractivity contribution in [1.82, 2.24) is 24.8 Å². The Labute approximate surface area is 209 Å². The van der Waals surface area contributed by atoms with Crippen molar-refractivity contribution in [2.75, 3.05) is 25.0 Å². The molecule has 1 saturated heterocycles. The van der Waals surface area contributed by atoms with Crippen LogP contribution in [0.15, 0.2) is 53.1 Å². The quantitative estimate of drug-likeness (QED) is 0.419. The lowest BCUT2D eigenvalue weighted by molar-refractivity contribution is -0.117. The number of carbonyl (C=O) groups is 1. The highest BCUT2D eigenvalue weighted by Crippen LogP contribution is 2.28. The van der Waals surface area contributed by atoms with Gasteiger partial charge < -0.3 is 9.84 Å². The Morgan fingerprint density at radius 2 is 1.97 bits per heavy atom. The summed E-state index contributed by atoms with van der Waals surface area (Å²) in [4.78, 5) is 19.6. The Balaban J connectivity index is 1.23. The first-order valence-electron chi connectivity index (χ1n) is 12.1. The number of anilines is 1. The Morgan fingerprint density at radius 1 is 1.17 bits per heavy atom. The molecule has 186 valence electrons. The van der Waals surface area contributed by atoms with E-state index in [1.54, 1.807) is 12.1 Å². The van der Waals surface area contributed by atoms with Gasteiger partial charge in [-0.1, -0.05) is 35.0 Å². The fraction of sp³-hybridized carbons (Fsp3) is 0.333. The van der Waals surface area contributed by atoms with Crippen LogP contribution in [0.1, 0.15) is 41.6 Å². The van der Waals surface area contributed by atoms with E-state index in [0.717, 1.165) is 42.1 Å². The van der Waals surface area contributed by atoms with Gasteiger partial charge in [0.2, 0.25) is 17.6 Å². The number of nitrogens with one attached hydrogen (secondary N) is 1. The van der Waals surface area contributed by atoms with E-state index >= 15 is 0 Å². The van der Waals surface area contributed by atoms with Gasteiger partial charge in [-0.3, -0.25) is 9.69 Å². The van der Waals surface area contributed by atoms with Gasteiger partial charge in [0.05, 0.1) is 35.2 Å². The van der Waals surface area contributed by atoms with Gasteiger partial charge in [-0.25, -0.2) is 9.07 Å². The number of likely N-dealkylation sites (tertiary alicyclic amines) is 1. The molecule has 1 atom stereocenters. The zero-order chi connectivity index (χ0) is 25.2. The molecule has 8 nitrogen and oxygen atoms in total. The topological polar surface area (TPSA) is 89.1 Å². The largest absolute Gasteiger partial charge is 0.339 e. The van der Waals surface area contributed by atoms with Crippen molar-refractivity contribution >= 4 is 11.6 Å². The summed E-state index contributed by atoms with van der Waals surface area (Å²) in [5, 5.41) is 11.7. The van der Waals surface area contributed by atoms with E-state index in [4.69, 9.17) is 4.52 Å². The fourth-order valence-corrected chi connectivity index (χ4v) is 4.69. The molecule has 1 aliphatic rings. The average Bonchev–Trinajstić information content (AvgIpc) is 3.46. The van der Waals surface area contributed by atoms with Crippen LogP contribution in [-0.2, 0) is 4.79 Å². The Morgan fingerprint density at radius 3 is 2.75 bits per heavy atom. The van der Waals surface area contributed by atoms with E-state index in [-0.39, 0.29) is 24.2 Å². The van der Waals surface area contributed by atoms with E-state index in [9.17, 15) is 9.18 Å². The van der Waals surface area contributed by atoms with Gasteiger partial charge in [0, 0.05) is 12.1 Å². The molecule has 3 heterocycles. The molecule has 1 unspecified atom stereocenters. The molecule has 36 heavy (non-hydrogen) atoms. The van der Waals surface area contributed by atoms with Crippen LogP contribution in [0.4, 0.5) is 10.1 Å². The third-order valence-corrected chi connectivity index (χ3v) is 6.58. The van der Waals surface area contributed by atoms with Crippen molar-refractivity contribution in [3.05, 3.63) is 77.2 Å². The number of amides is 1. The second kappa shape index (κ2) is 10.0. The second-order valence-electron chi connectivity index (χ2n) is 9.38. The SMILES string of the molecule is Cc1ccc(-n2nc(C)c(NC(=O)CN3CCCC(c4nc(-c5cccc(F)c5)no4)C3)c2C)cc1. The molecule has 0 spiro atoms. The summed E-state index contributed by atoms with van der Waals surface area (Å²) in [6.45, 7) is 7.61. The standard InChI is InChI=1S/C27H29FN6O2/c1-17-9-11-23(12-10-17)34-19(3)25(18(2)31-34)29-24(35)16-33-13-5-7-21(15-33)27-30-26(32-36-27)20-6-4-8-22(28)14-20/h4,6,8-12,14,21H,5,7,13,15-16H2,1-3H3,(H,29,35). The molecule has 0 aliphatic carbocycles. The van der Waals surface area contributed by atoms with E-state index in [1.807, 2.05) is 49.7 Å². The molecule has 9 heteroatoms. The van der Waals surface area contributed by atoms with Crippen molar-refractivity contribution in [3.63, 3.8) is 0 Å². The highest BCUT2D eigenvalue weighted by molar-refractivity contribution is 5.93. The Hall–Kier alpha value is -3.85. The van der Waals surface area contributed by atoms with Crippen LogP contribution in [0.25, 0.3) is 17.1 Å². The number of rotatable bonds is 6. The van der Waals surface area contributed by atoms with Gasteiger partial charge >= 0.3 is 0 Å². The molecule has 2 aromatic heterocycles. The van der Waals surface area contributed by atoms with E-state index < -0.39 is 0 Å². The number of nitrogens with zero attached hydrogens (tertiary/aromatic N) is 5. The maximum Gasteiger partial charge on any atom is 0.238 e. The smallest absolute Gasteiger partial charge is 0.238 e. The summed E-state index contributed by atoms with van der Waals surface area (Å²) in [6.07, 6.45) is 1.81.